The molecule has 0 bridgehead atoms. The number of fused-ring (bicyclic) bond motifs is 3. The molecule has 1 aromatic heterocycles. The average Bonchev–Trinajstić information content (AvgIpc) is 3.12. The Morgan fingerprint density at radius 1 is 0.931 bits per heavy atom. The number of halogens is 2. The van der Waals surface area contributed by atoms with E-state index in [-0.39, 0.29) is 11.7 Å². The number of aromatic amines is 1. The molecule has 4 aromatic rings. The van der Waals surface area contributed by atoms with Crippen molar-refractivity contribution in [3.05, 3.63) is 107 Å². The minimum absolute atomic E-state index is 0.247. The van der Waals surface area contributed by atoms with E-state index < -0.39 is 11.9 Å². The lowest BCUT2D eigenvalue weighted by atomic mass is 9.91. The van der Waals surface area contributed by atoms with Gasteiger partial charge in [0, 0.05) is 28.7 Å². The van der Waals surface area contributed by atoms with E-state index in [2.05, 4.69) is 11.1 Å². The quantitative estimate of drug-likeness (QED) is 0.501. The highest BCUT2D eigenvalue weighted by atomic mass is 19.1. The molecule has 3 aromatic carbocycles. The first-order chi connectivity index (χ1) is 14.1. The Morgan fingerprint density at radius 2 is 1.72 bits per heavy atom. The number of benzene rings is 3. The summed E-state index contributed by atoms with van der Waals surface area (Å²) in [6.45, 7) is 0.492. The van der Waals surface area contributed by atoms with Gasteiger partial charge in [0.15, 0.2) is 0 Å². The third kappa shape index (κ3) is 2.99. The molecule has 0 radical (unpaired) electrons. The first-order valence-corrected chi connectivity index (χ1v) is 9.53. The summed E-state index contributed by atoms with van der Waals surface area (Å²) in [6.07, 6.45) is 0.693. The van der Waals surface area contributed by atoms with Crippen LogP contribution in [0.15, 0.2) is 72.8 Å². The van der Waals surface area contributed by atoms with Gasteiger partial charge < -0.3 is 9.88 Å². The van der Waals surface area contributed by atoms with Crippen LogP contribution in [0.2, 0.25) is 0 Å². The van der Waals surface area contributed by atoms with Gasteiger partial charge in [-0.15, -0.1) is 0 Å². The molecule has 5 heteroatoms. The molecule has 144 valence electrons. The van der Waals surface area contributed by atoms with Crippen molar-refractivity contribution in [2.75, 3.05) is 6.54 Å². The van der Waals surface area contributed by atoms with Crippen LogP contribution in [0.4, 0.5) is 8.78 Å². The molecule has 0 spiro atoms. The second kappa shape index (κ2) is 6.85. The summed E-state index contributed by atoms with van der Waals surface area (Å²) < 4.78 is 27.3. The Hall–Kier alpha value is -3.47. The van der Waals surface area contributed by atoms with E-state index >= 15 is 0 Å². The van der Waals surface area contributed by atoms with Crippen molar-refractivity contribution < 1.29 is 13.6 Å². The molecule has 1 N–H and O–H groups in total. The largest absolute Gasteiger partial charge is 0.356 e. The number of carbonyl (C=O) groups excluding carboxylic acids is 1. The Bertz CT molecular complexity index is 1210. The third-order valence-corrected chi connectivity index (χ3v) is 5.55. The fourth-order valence-electron chi connectivity index (χ4n) is 4.24. The summed E-state index contributed by atoms with van der Waals surface area (Å²) in [6, 6.07) is 19.6. The van der Waals surface area contributed by atoms with Gasteiger partial charge in [-0.05, 0) is 53.9 Å². The van der Waals surface area contributed by atoms with Crippen LogP contribution >= 0.6 is 0 Å². The smallest absolute Gasteiger partial charge is 0.254 e. The average molecular weight is 388 g/mol. The van der Waals surface area contributed by atoms with Gasteiger partial charge in [0.1, 0.15) is 11.6 Å². The number of hydrogen-bond donors (Lipinski definition) is 1. The number of nitrogens with zero attached hydrogens (tertiary/aromatic N) is 1. The topological polar surface area (TPSA) is 36.1 Å². The highest BCUT2D eigenvalue weighted by molar-refractivity contribution is 5.95. The molecule has 1 amide bonds. The second-order valence-electron chi connectivity index (χ2n) is 7.28. The lowest BCUT2D eigenvalue weighted by Crippen LogP contribution is -2.40. The zero-order valence-corrected chi connectivity index (χ0v) is 15.5. The minimum atomic E-state index is -0.447. The second-order valence-corrected chi connectivity index (χ2v) is 7.28. The maximum Gasteiger partial charge on any atom is 0.254 e. The normalized spacial score (nSPS) is 16.1. The molecule has 29 heavy (non-hydrogen) atoms. The van der Waals surface area contributed by atoms with E-state index in [0.717, 1.165) is 22.2 Å². The van der Waals surface area contributed by atoms with Crippen molar-refractivity contribution in [3.8, 4) is 0 Å². The standard InChI is InChI=1S/C24H18F2N2O/c25-17-10-8-15(9-11-17)23-22-20(19-6-1-2-7-21(19)27-22)12-13-28(23)24(29)16-4-3-5-18(26)14-16/h1-11,14,23,27H,12-13H2. The lowest BCUT2D eigenvalue weighted by Gasteiger charge is -2.36. The van der Waals surface area contributed by atoms with Crippen LogP contribution in [-0.2, 0) is 6.42 Å². The summed E-state index contributed by atoms with van der Waals surface area (Å²) in [4.78, 5) is 18.5. The van der Waals surface area contributed by atoms with Crippen LogP contribution in [-0.4, -0.2) is 22.3 Å². The summed E-state index contributed by atoms with van der Waals surface area (Å²) in [5.41, 5.74) is 4.21. The maximum atomic E-state index is 13.7. The van der Waals surface area contributed by atoms with E-state index in [1.165, 1.54) is 35.9 Å². The summed E-state index contributed by atoms with van der Waals surface area (Å²) in [5.74, 6) is -1.02. The van der Waals surface area contributed by atoms with E-state index in [1.807, 2.05) is 18.2 Å². The summed E-state index contributed by atoms with van der Waals surface area (Å²) in [5, 5.41) is 1.13. The van der Waals surface area contributed by atoms with E-state index in [9.17, 15) is 13.6 Å². The Kier molecular flexibility index (Phi) is 4.16. The number of para-hydroxylation sites is 1. The summed E-state index contributed by atoms with van der Waals surface area (Å²) >= 11 is 0. The Labute approximate surface area is 166 Å². The van der Waals surface area contributed by atoms with Gasteiger partial charge in [-0.25, -0.2) is 8.78 Å². The van der Waals surface area contributed by atoms with Gasteiger partial charge in [-0.1, -0.05) is 36.4 Å². The van der Waals surface area contributed by atoms with Crippen LogP contribution < -0.4 is 0 Å². The van der Waals surface area contributed by atoms with Crippen molar-refractivity contribution in [1.29, 1.82) is 0 Å². The number of aromatic nitrogens is 1. The van der Waals surface area contributed by atoms with Crippen molar-refractivity contribution in [2.24, 2.45) is 0 Å². The zero-order chi connectivity index (χ0) is 20.0. The molecule has 5 rings (SSSR count). The number of H-pyrrole nitrogens is 1. The van der Waals surface area contributed by atoms with Gasteiger partial charge in [0.25, 0.3) is 5.91 Å². The highest BCUT2D eigenvalue weighted by Crippen LogP contribution is 2.39. The maximum absolute atomic E-state index is 13.7. The molecule has 0 fully saturated rings. The number of nitrogens with one attached hydrogen (secondary N) is 1. The number of hydrogen-bond acceptors (Lipinski definition) is 1. The van der Waals surface area contributed by atoms with Crippen LogP contribution in [0, 0.1) is 11.6 Å². The highest BCUT2D eigenvalue weighted by Gasteiger charge is 2.35. The van der Waals surface area contributed by atoms with Gasteiger partial charge in [0.05, 0.1) is 6.04 Å². The van der Waals surface area contributed by atoms with Gasteiger partial charge >= 0.3 is 0 Å². The predicted molar refractivity (Wildman–Crippen MR) is 108 cm³/mol. The van der Waals surface area contributed by atoms with Crippen molar-refractivity contribution in [3.63, 3.8) is 0 Å². The van der Waals surface area contributed by atoms with E-state index in [1.54, 1.807) is 23.1 Å². The van der Waals surface area contributed by atoms with Crippen LogP contribution in [0.1, 0.15) is 33.2 Å². The molecule has 2 heterocycles. The lowest BCUT2D eigenvalue weighted by molar-refractivity contribution is 0.0691. The monoisotopic (exact) mass is 388 g/mol. The van der Waals surface area contributed by atoms with Crippen LogP contribution in [0.5, 0.6) is 0 Å². The molecule has 1 atom stereocenters. The Balaban J connectivity index is 1.66. The first kappa shape index (κ1) is 17.6. The van der Waals surface area contributed by atoms with Crippen LogP contribution in [0.3, 0.4) is 0 Å². The number of amides is 1. The molecular weight excluding hydrogens is 370 g/mol. The zero-order valence-electron chi connectivity index (χ0n) is 15.5. The van der Waals surface area contributed by atoms with Crippen molar-refractivity contribution >= 4 is 16.8 Å². The van der Waals surface area contributed by atoms with Gasteiger partial charge in [-0.3, -0.25) is 4.79 Å². The fourth-order valence-corrected chi connectivity index (χ4v) is 4.24. The van der Waals surface area contributed by atoms with Crippen LogP contribution in [0.25, 0.3) is 10.9 Å². The molecule has 0 saturated carbocycles. The third-order valence-electron chi connectivity index (χ3n) is 5.55. The predicted octanol–water partition coefficient (Wildman–Crippen LogP) is 5.23. The van der Waals surface area contributed by atoms with Gasteiger partial charge in [0.2, 0.25) is 0 Å². The fraction of sp³-hybridized carbons (Fsp3) is 0.125. The molecule has 0 saturated heterocycles. The molecular formula is C24H18F2N2O. The minimum Gasteiger partial charge on any atom is -0.356 e. The molecule has 1 aliphatic rings. The molecule has 3 nitrogen and oxygen atoms in total. The van der Waals surface area contributed by atoms with E-state index in [4.69, 9.17) is 0 Å². The van der Waals surface area contributed by atoms with Gasteiger partial charge in [-0.2, -0.15) is 0 Å². The number of rotatable bonds is 2. The van der Waals surface area contributed by atoms with E-state index in [0.29, 0.717) is 18.5 Å². The van der Waals surface area contributed by atoms with Crippen molar-refractivity contribution in [2.45, 2.75) is 12.5 Å². The first-order valence-electron chi connectivity index (χ1n) is 9.53. The molecule has 1 aliphatic heterocycles. The van der Waals surface area contributed by atoms with Crippen molar-refractivity contribution in [1.82, 2.24) is 9.88 Å². The molecule has 0 aliphatic carbocycles. The summed E-state index contributed by atoms with van der Waals surface area (Å²) in [7, 11) is 0. The number of carbonyl (C=O) groups is 1. The Morgan fingerprint density at radius 3 is 2.52 bits per heavy atom. The molecule has 1 unspecified atom stereocenters. The SMILES string of the molecule is O=C(c1cccc(F)c1)N1CCc2c([nH]c3ccccc23)C1c1ccc(F)cc1.